The van der Waals surface area contributed by atoms with Gasteiger partial charge in [-0.3, -0.25) is 4.79 Å². The predicted octanol–water partition coefficient (Wildman–Crippen LogP) is 0.748. The van der Waals surface area contributed by atoms with E-state index in [1.165, 1.54) is 4.88 Å². The standard InChI is InChI=1S/C11H18N4OS/c1-7(12-3)9-6-14-11(17-9)15-5-4-13-10(16)8(15)2/h6-8,12H,4-5H2,1-3H3,(H,13,16). The number of nitrogens with one attached hydrogen (secondary N) is 2. The minimum Gasteiger partial charge on any atom is -0.353 e. The maximum Gasteiger partial charge on any atom is 0.242 e. The van der Waals surface area contributed by atoms with Crippen LogP contribution in [0.3, 0.4) is 0 Å². The molecule has 2 N–H and O–H groups in total. The van der Waals surface area contributed by atoms with Gasteiger partial charge in [0.1, 0.15) is 6.04 Å². The number of nitrogens with zero attached hydrogens (tertiary/aromatic N) is 2. The van der Waals surface area contributed by atoms with Crippen molar-refractivity contribution >= 4 is 22.4 Å². The van der Waals surface area contributed by atoms with E-state index in [1.807, 2.05) is 20.2 Å². The first kappa shape index (κ1) is 12.3. The molecule has 0 aliphatic carbocycles. The number of rotatable bonds is 3. The van der Waals surface area contributed by atoms with E-state index in [9.17, 15) is 4.79 Å². The van der Waals surface area contributed by atoms with Crippen molar-refractivity contribution in [3.63, 3.8) is 0 Å². The van der Waals surface area contributed by atoms with Crippen LogP contribution in [0.4, 0.5) is 5.13 Å². The van der Waals surface area contributed by atoms with Gasteiger partial charge >= 0.3 is 0 Å². The second-order valence-electron chi connectivity index (χ2n) is 4.22. The third-order valence-corrected chi connectivity index (χ3v) is 4.33. The average Bonchev–Trinajstić information content (AvgIpc) is 2.81. The molecule has 1 aromatic heterocycles. The van der Waals surface area contributed by atoms with Crippen molar-refractivity contribution in [1.82, 2.24) is 15.6 Å². The number of piperazine rings is 1. The summed E-state index contributed by atoms with van der Waals surface area (Å²) in [7, 11) is 1.93. The van der Waals surface area contributed by atoms with Gasteiger partial charge in [0.2, 0.25) is 5.91 Å². The molecular formula is C11H18N4OS. The zero-order chi connectivity index (χ0) is 12.4. The summed E-state index contributed by atoms with van der Waals surface area (Å²) in [4.78, 5) is 19.3. The van der Waals surface area contributed by atoms with E-state index >= 15 is 0 Å². The number of hydrogen-bond donors (Lipinski definition) is 2. The second-order valence-corrected chi connectivity index (χ2v) is 5.26. The van der Waals surface area contributed by atoms with Gasteiger partial charge in [-0.25, -0.2) is 4.98 Å². The maximum atomic E-state index is 11.6. The van der Waals surface area contributed by atoms with Gasteiger partial charge in [-0.2, -0.15) is 0 Å². The number of aromatic nitrogens is 1. The molecule has 1 saturated heterocycles. The number of carbonyl (C=O) groups is 1. The Balaban J connectivity index is 2.16. The Hall–Kier alpha value is -1.14. The maximum absolute atomic E-state index is 11.6. The molecule has 2 heterocycles. The van der Waals surface area contributed by atoms with Crippen molar-refractivity contribution in [2.45, 2.75) is 25.9 Å². The van der Waals surface area contributed by atoms with Gasteiger partial charge in [0, 0.05) is 30.2 Å². The number of hydrogen-bond acceptors (Lipinski definition) is 5. The number of anilines is 1. The third kappa shape index (κ3) is 2.42. The van der Waals surface area contributed by atoms with Gasteiger partial charge in [0.15, 0.2) is 5.13 Å². The third-order valence-electron chi connectivity index (χ3n) is 3.12. The first-order chi connectivity index (χ1) is 8.13. The van der Waals surface area contributed by atoms with Crippen LogP contribution in [-0.2, 0) is 4.79 Å². The lowest BCUT2D eigenvalue weighted by Gasteiger charge is -2.32. The van der Waals surface area contributed by atoms with Crippen LogP contribution in [0.25, 0.3) is 0 Å². The highest BCUT2D eigenvalue weighted by atomic mass is 32.1. The fourth-order valence-electron chi connectivity index (χ4n) is 1.80. The molecule has 1 amide bonds. The Morgan fingerprint density at radius 2 is 2.47 bits per heavy atom. The van der Waals surface area contributed by atoms with Gasteiger partial charge in [0.05, 0.1) is 0 Å². The summed E-state index contributed by atoms with van der Waals surface area (Å²) in [6.45, 7) is 5.54. The van der Waals surface area contributed by atoms with Crippen LogP contribution >= 0.6 is 11.3 Å². The Kier molecular flexibility index (Phi) is 3.63. The smallest absolute Gasteiger partial charge is 0.242 e. The van der Waals surface area contributed by atoms with E-state index in [1.54, 1.807) is 11.3 Å². The highest BCUT2D eigenvalue weighted by Gasteiger charge is 2.27. The van der Waals surface area contributed by atoms with Crippen molar-refractivity contribution in [3.8, 4) is 0 Å². The van der Waals surface area contributed by atoms with E-state index < -0.39 is 0 Å². The molecule has 1 aliphatic heterocycles. The van der Waals surface area contributed by atoms with Gasteiger partial charge in [-0.15, -0.1) is 11.3 Å². The molecule has 6 heteroatoms. The highest BCUT2D eigenvalue weighted by Crippen LogP contribution is 2.28. The van der Waals surface area contributed by atoms with Gasteiger partial charge < -0.3 is 15.5 Å². The molecule has 2 unspecified atom stereocenters. The summed E-state index contributed by atoms with van der Waals surface area (Å²) in [5.74, 6) is 0.0784. The average molecular weight is 254 g/mol. The predicted molar refractivity (Wildman–Crippen MR) is 69.4 cm³/mol. The number of carbonyl (C=O) groups excluding carboxylic acids is 1. The molecule has 1 fully saturated rings. The molecule has 1 aliphatic rings. The fourth-order valence-corrected chi connectivity index (χ4v) is 2.88. The van der Waals surface area contributed by atoms with Gasteiger partial charge in [-0.05, 0) is 20.9 Å². The van der Waals surface area contributed by atoms with Gasteiger partial charge in [0.25, 0.3) is 0 Å². The number of thiazole rings is 1. The normalized spacial score (nSPS) is 22.4. The zero-order valence-electron chi connectivity index (χ0n) is 10.4. The molecule has 2 rings (SSSR count). The SMILES string of the molecule is CNC(C)c1cnc(N2CCNC(=O)C2C)s1. The summed E-state index contributed by atoms with van der Waals surface area (Å²) < 4.78 is 0. The van der Waals surface area contributed by atoms with Crippen molar-refractivity contribution in [2.24, 2.45) is 0 Å². The Morgan fingerprint density at radius 3 is 3.18 bits per heavy atom. The van der Waals surface area contributed by atoms with Crippen molar-refractivity contribution in [2.75, 3.05) is 25.0 Å². The molecule has 0 spiro atoms. The van der Waals surface area contributed by atoms with Crippen LogP contribution < -0.4 is 15.5 Å². The molecule has 0 radical (unpaired) electrons. The lowest BCUT2D eigenvalue weighted by atomic mass is 10.2. The first-order valence-corrected chi connectivity index (χ1v) is 6.62. The molecule has 0 saturated carbocycles. The van der Waals surface area contributed by atoms with Crippen LogP contribution in [0.1, 0.15) is 24.8 Å². The Bertz CT molecular complexity index is 406. The quantitative estimate of drug-likeness (QED) is 0.835. The van der Waals surface area contributed by atoms with Crippen LogP contribution in [0.2, 0.25) is 0 Å². The summed E-state index contributed by atoms with van der Waals surface area (Å²) in [6.07, 6.45) is 1.89. The largest absolute Gasteiger partial charge is 0.353 e. The van der Waals surface area contributed by atoms with Crippen molar-refractivity contribution in [3.05, 3.63) is 11.1 Å². The minimum atomic E-state index is -0.132. The molecule has 0 aromatic carbocycles. The lowest BCUT2D eigenvalue weighted by Crippen LogP contribution is -2.54. The van der Waals surface area contributed by atoms with Crippen LogP contribution in [-0.4, -0.2) is 37.1 Å². The second kappa shape index (κ2) is 5.01. The molecule has 5 nitrogen and oxygen atoms in total. The number of amides is 1. The van der Waals surface area contributed by atoms with E-state index in [4.69, 9.17) is 0 Å². The van der Waals surface area contributed by atoms with Crippen molar-refractivity contribution < 1.29 is 4.79 Å². The summed E-state index contributed by atoms with van der Waals surface area (Å²) in [5.41, 5.74) is 0. The molecule has 17 heavy (non-hydrogen) atoms. The Morgan fingerprint density at radius 1 is 1.71 bits per heavy atom. The summed E-state index contributed by atoms with van der Waals surface area (Å²) >= 11 is 1.65. The van der Waals surface area contributed by atoms with Gasteiger partial charge in [-0.1, -0.05) is 0 Å². The van der Waals surface area contributed by atoms with Crippen LogP contribution in [0, 0.1) is 0 Å². The molecule has 0 bridgehead atoms. The zero-order valence-corrected chi connectivity index (χ0v) is 11.2. The van der Waals surface area contributed by atoms with E-state index in [-0.39, 0.29) is 11.9 Å². The molecule has 1 aromatic rings. The molecule has 94 valence electrons. The van der Waals surface area contributed by atoms with E-state index in [2.05, 4.69) is 27.4 Å². The lowest BCUT2D eigenvalue weighted by molar-refractivity contribution is -0.122. The molecule has 2 atom stereocenters. The topological polar surface area (TPSA) is 57.3 Å². The summed E-state index contributed by atoms with van der Waals surface area (Å²) in [6, 6.07) is 0.169. The summed E-state index contributed by atoms with van der Waals surface area (Å²) in [5, 5.41) is 6.98. The first-order valence-electron chi connectivity index (χ1n) is 5.81. The fraction of sp³-hybridized carbons (Fsp3) is 0.636. The van der Waals surface area contributed by atoms with E-state index in [0.717, 1.165) is 11.7 Å². The van der Waals surface area contributed by atoms with Crippen LogP contribution in [0.15, 0.2) is 6.20 Å². The minimum absolute atomic E-state index is 0.0784. The molecular weight excluding hydrogens is 236 g/mol. The highest BCUT2D eigenvalue weighted by molar-refractivity contribution is 7.15. The van der Waals surface area contributed by atoms with E-state index in [0.29, 0.717) is 12.6 Å². The Labute approximate surface area is 105 Å². The monoisotopic (exact) mass is 254 g/mol. The van der Waals surface area contributed by atoms with Crippen molar-refractivity contribution in [1.29, 1.82) is 0 Å². The van der Waals surface area contributed by atoms with Crippen LogP contribution in [0.5, 0.6) is 0 Å².